The lowest BCUT2D eigenvalue weighted by atomic mass is 9.70. The summed E-state index contributed by atoms with van der Waals surface area (Å²) in [6.07, 6.45) is 6.21. The highest BCUT2D eigenvalue weighted by molar-refractivity contribution is 5.33. The highest BCUT2D eigenvalue weighted by Gasteiger charge is 2.34. The minimum atomic E-state index is 0.132. The van der Waals surface area contributed by atoms with Crippen LogP contribution in [0.5, 0.6) is 5.75 Å². The number of aromatic hydroxyl groups is 1. The lowest BCUT2D eigenvalue weighted by Gasteiger charge is -2.37. The fraction of sp³-hybridized carbons (Fsp3) is 0.600. The van der Waals surface area contributed by atoms with E-state index in [1.807, 2.05) is 19.1 Å². The van der Waals surface area contributed by atoms with Crippen LogP contribution in [0.1, 0.15) is 44.6 Å². The maximum absolute atomic E-state index is 9.64. The number of benzene rings is 1. The number of phenols is 1. The zero-order valence-electron chi connectivity index (χ0n) is 10.6. The first-order chi connectivity index (χ1) is 8.27. The smallest absolute Gasteiger partial charge is 0.115 e. The molecule has 0 saturated heterocycles. The molecule has 1 aromatic rings. The first kappa shape index (κ1) is 12.4. The molecule has 1 N–H and O–H groups in total. The Morgan fingerprint density at radius 1 is 1.24 bits per heavy atom. The van der Waals surface area contributed by atoms with Crippen molar-refractivity contribution in [1.29, 1.82) is 0 Å². The number of hydrogen-bond acceptors (Lipinski definition) is 2. The van der Waals surface area contributed by atoms with Crippen molar-refractivity contribution in [1.82, 2.24) is 0 Å². The third-order valence-electron chi connectivity index (χ3n) is 3.85. The largest absolute Gasteiger partial charge is 0.508 e. The normalized spacial score (nSPS) is 19.1. The molecule has 17 heavy (non-hydrogen) atoms. The Labute approximate surface area is 104 Å². The molecule has 2 heteroatoms. The molecule has 1 saturated carbocycles. The summed E-state index contributed by atoms with van der Waals surface area (Å²) in [5.74, 6) is 0.365. The SMILES string of the molecule is CCOCC1(c2cccc(O)c2)CCCCC1. The topological polar surface area (TPSA) is 29.5 Å². The van der Waals surface area contributed by atoms with Gasteiger partial charge in [-0.2, -0.15) is 0 Å². The van der Waals surface area contributed by atoms with Crippen LogP contribution < -0.4 is 0 Å². The molecular weight excluding hydrogens is 212 g/mol. The zero-order chi connectivity index (χ0) is 12.1. The van der Waals surface area contributed by atoms with Gasteiger partial charge in [0.05, 0.1) is 6.61 Å². The standard InChI is InChI=1S/C15H22O2/c1-2-17-12-15(9-4-3-5-10-15)13-7-6-8-14(16)11-13/h6-8,11,16H,2-5,9-10,12H2,1H3. The van der Waals surface area contributed by atoms with Gasteiger partial charge in [-0.1, -0.05) is 31.4 Å². The van der Waals surface area contributed by atoms with Gasteiger partial charge in [-0.3, -0.25) is 0 Å². The van der Waals surface area contributed by atoms with Crippen LogP contribution in [0.4, 0.5) is 0 Å². The van der Waals surface area contributed by atoms with E-state index in [1.165, 1.54) is 37.7 Å². The molecule has 0 atom stereocenters. The average Bonchev–Trinajstić information content (AvgIpc) is 2.37. The molecule has 0 heterocycles. The summed E-state index contributed by atoms with van der Waals surface area (Å²) in [5.41, 5.74) is 1.37. The Balaban J connectivity index is 2.25. The molecule has 1 aliphatic rings. The number of phenolic OH excluding ortho intramolecular Hbond substituents is 1. The molecular formula is C15H22O2. The highest BCUT2D eigenvalue weighted by Crippen LogP contribution is 2.40. The molecule has 1 fully saturated rings. The molecule has 2 nitrogen and oxygen atoms in total. The van der Waals surface area contributed by atoms with Crippen molar-refractivity contribution in [3.05, 3.63) is 29.8 Å². The van der Waals surface area contributed by atoms with Crippen molar-refractivity contribution < 1.29 is 9.84 Å². The number of rotatable bonds is 4. The van der Waals surface area contributed by atoms with E-state index in [0.717, 1.165) is 13.2 Å². The minimum absolute atomic E-state index is 0.132. The first-order valence-corrected chi connectivity index (χ1v) is 6.64. The van der Waals surface area contributed by atoms with E-state index in [9.17, 15) is 5.11 Å². The van der Waals surface area contributed by atoms with E-state index in [0.29, 0.717) is 5.75 Å². The summed E-state index contributed by atoms with van der Waals surface area (Å²) < 4.78 is 5.69. The minimum Gasteiger partial charge on any atom is -0.508 e. The summed E-state index contributed by atoms with van der Waals surface area (Å²) in [4.78, 5) is 0. The molecule has 0 bridgehead atoms. The predicted molar refractivity (Wildman–Crippen MR) is 69.4 cm³/mol. The molecule has 0 aromatic heterocycles. The fourth-order valence-corrected chi connectivity index (χ4v) is 2.88. The molecule has 0 radical (unpaired) electrons. The van der Waals surface area contributed by atoms with Gasteiger partial charge in [0.15, 0.2) is 0 Å². The van der Waals surface area contributed by atoms with Crippen LogP contribution >= 0.6 is 0 Å². The Morgan fingerprint density at radius 3 is 2.65 bits per heavy atom. The third kappa shape index (κ3) is 2.81. The average molecular weight is 234 g/mol. The summed E-state index contributed by atoms with van der Waals surface area (Å²) >= 11 is 0. The second-order valence-corrected chi connectivity index (χ2v) is 5.03. The molecule has 1 aliphatic carbocycles. The van der Waals surface area contributed by atoms with Gasteiger partial charge in [0.2, 0.25) is 0 Å². The molecule has 0 amide bonds. The molecule has 0 aliphatic heterocycles. The van der Waals surface area contributed by atoms with Crippen LogP contribution in [0, 0.1) is 0 Å². The molecule has 1 aromatic carbocycles. The fourth-order valence-electron chi connectivity index (χ4n) is 2.88. The van der Waals surface area contributed by atoms with Crippen molar-refractivity contribution in [2.45, 2.75) is 44.4 Å². The number of ether oxygens (including phenoxy) is 1. The van der Waals surface area contributed by atoms with E-state index >= 15 is 0 Å². The van der Waals surface area contributed by atoms with E-state index in [4.69, 9.17) is 4.74 Å². The van der Waals surface area contributed by atoms with Gasteiger partial charge in [0.1, 0.15) is 5.75 Å². The predicted octanol–water partition coefficient (Wildman–Crippen LogP) is 3.63. The summed E-state index contributed by atoms with van der Waals surface area (Å²) in [6.45, 7) is 3.59. The van der Waals surface area contributed by atoms with Crippen LogP contribution in [0.15, 0.2) is 24.3 Å². The maximum atomic E-state index is 9.64. The van der Waals surface area contributed by atoms with Gasteiger partial charge in [-0.25, -0.2) is 0 Å². The van der Waals surface area contributed by atoms with E-state index in [1.54, 1.807) is 6.07 Å². The van der Waals surface area contributed by atoms with E-state index in [2.05, 4.69) is 6.07 Å². The Hall–Kier alpha value is -1.02. The second-order valence-electron chi connectivity index (χ2n) is 5.03. The van der Waals surface area contributed by atoms with Crippen LogP contribution in [-0.4, -0.2) is 18.3 Å². The van der Waals surface area contributed by atoms with Crippen LogP contribution in [0.25, 0.3) is 0 Å². The van der Waals surface area contributed by atoms with Crippen molar-refractivity contribution >= 4 is 0 Å². The summed E-state index contributed by atoms with van der Waals surface area (Å²) in [5, 5.41) is 9.64. The monoisotopic (exact) mass is 234 g/mol. The Bertz CT molecular complexity index is 354. The second kappa shape index (κ2) is 5.54. The van der Waals surface area contributed by atoms with Crippen molar-refractivity contribution in [2.75, 3.05) is 13.2 Å². The Morgan fingerprint density at radius 2 is 2.00 bits per heavy atom. The van der Waals surface area contributed by atoms with Gasteiger partial charge in [0, 0.05) is 12.0 Å². The molecule has 2 rings (SSSR count). The van der Waals surface area contributed by atoms with Crippen LogP contribution in [-0.2, 0) is 10.2 Å². The first-order valence-electron chi connectivity index (χ1n) is 6.64. The highest BCUT2D eigenvalue weighted by atomic mass is 16.5. The van der Waals surface area contributed by atoms with E-state index in [-0.39, 0.29) is 5.41 Å². The van der Waals surface area contributed by atoms with Gasteiger partial charge in [-0.05, 0) is 37.5 Å². The van der Waals surface area contributed by atoms with Gasteiger partial charge >= 0.3 is 0 Å². The zero-order valence-corrected chi connectivity index (χ0v) is 10.6. The van der Waals surface area contributed by atoms with Gasteiger partial charge < -0.3 is 9.84 Å². The van der Waals surface area contributed by atoms with Crippen LogP contribution in [0.2, 0.25) is 0 Å². The maximum Gasteiger partial charge on any atom is 0.115 e. The van der Waals surface area contributed by atoms with Crippen molar-refractivity contribution in [3.63, 3.8) is 0 Å². The van der Waals surface area contributed by atoms with E-state index < -0.39 is 0 Å². The lowest BCUT2D eigenvalue weighted by Crippen LogP contribution is -2.34. The van der Waals surface area contributed by atoms with Crippen molar-refractivity contribution in [2.24, 2.45) is 0 Å². The molecule has 0 unspecified atom stereocenters. The summed E-state index contributed by atoms with van der Waals surface area (Å²) in [7, 11) is 0. The summed E-state index contributed by atoms with van der Waals surface area (Å²) in [6, 6.07) is 7.71. The molecule has 0 spiro atoms. The Kier molecular flexibility index (Phi) is 4.06. The lowest BCUT2D eigenvalue weighted by molar-refractivity contribution is 0.0720. The molecule has 94 valence electrons. The van der Waals surface area contributed by atoms with Gasteiger partial charge in [-0.15, -0.1) is 0 Å². The third-order valence-corrected chi connectivity index (χ3v) is 3.85. The van der Waals surface area contributed by atoms with Crippen LogP contribution in [0.3, 0.4) is 0 Å². The van der Waals surface area contributed by atoms with Crippen molar-refractivity contribution in [3.8, 4) is 5.75 Å². The van der Waals surface area contributed by atoms with Gasteiger partial charge in [0.25, 0.3) is 0 Å². The quantitative estimate of drug-likeness (QED) is 0.862. The number of hydrogen-bond donors (Lipinski definition) is 1.